The Bertz CT molecular complexity index is 2530. The number of benzene rings is 4. The second kappa shape index (κ2) is 23.6. The number of anilines is 1. The molecule has 4 aromatic carbocycles. The van der Waals surface area contributed by atoms with Gasteiger partial charge in [0.1, 0.15) is 41.2 Å². The molecule has 1 fully saturated rings. The number of methoxy groups -OCH3 is 2. The molecule has 5 atom stereocenters. The number of aromatic nitrogens is 4. The van der Waals surface area contributed by atoms with E-state index in [2.05, 4.69) is 43.8 Å². The molecule has 68 heavy (non-hydrogen) atoms. The second-order valence-electron chi connectivity index (χ2n) is 16.8. The quantitative estimate of drug-likeness (QED) is 0.0353. The van der Waals surface area contributed by atoms with E-state index in [0.29, 0.717) is 40.5 Å². The van der Waals surface area contributed by atoms with Crippen LogP contribution < -0.4 is 19.5 Å². The van der Waals surface area contributed by atoms with E-state index in [1.165, 1.54) is 0 Å². The Labute approximate surface area is 404 Å². The van der Waals surface area contributed by atoms with E-state index in [0.717, 1.165) is 22.4 Å². The molecule has 358 valence electrons. The number of carbonyl (C=O) groups excluding carboxylic acids is 1. The number of nitrogens with zero attached hydrogens (tertiary/aromatic N) is 6. The van der Waals surface area contributed by atoms with Gasteiger partial charge in [-0.05, 0) is 92.8 Å². The predicted octanol–water partition coefficient (Wildman–Crippen LogP) is 9.11. The van der Waals surface area contributed by atoms with Crippen molar-refractivity contribution in [1.29, 1.82) is 5.26 Å². The Kier molecular flexibility index (Phi) is 17.4. The molecule has 1 amide bonds. The molecule has 0 aliphatic carbocycles. The molecular weight excluding hydrogens is 902 g/mol. The zero-order valence-electron chi connectivity index (χ0n) is 39.5. The molecule has 17 heteroatoms. The van der Waals surface area contributed by atoms with Crippen molar-refractivity contribution in [3.05, 3.63) is 138 Å². The molecule has 1 aliphatic rings. The van der Waals surface area contributed by atoms with E-state index in [4.69, 9.17) is 42.9 Å². The number of aliphatic hydroxyl groups is 1. The van der Waals surface area contributed by atoms with Crippen LogP contribution in [0.25, 0.3) is 11.2 Å². The molecule has 15 nitrogen and oxygen atoms in total. The summed E-state index contributed by atoms with van der Waals surface area (Å²) in [5, 5.41) is 26.1. The zero-order chi connectivity index (χ0) is 48.2. The minimum atomic E-state index is -1.80. The molecule has 1 aliphatic heterocycles. The van der Waals surface area contributed by atoms with E-state index < -0.39 is 44.4 Å². The number of ether oxygens (including phenoxy) is 4. The Morgan fingerprint density at radius 2 is 1.51 bits per heavy atom. The molecule has 6 aromatic rings. The average molecular weight is 962 g/mol. The number of carbonyl (C=O) groups is 1. The maximum atomic E-state index is 13.7. The second-order valence-corrected chi connectivity index (χ2v) is 19.2. The number of hydrogen-bond donors (Lipinski definition) is 2. The molecular formula is C51H60N7O8PS. The van der Waals surface area contributed by atoms with Gasteiger partial charge in [0.2, 0.25) is 5.95 Å². The van der Waals surface area contributed by atoms with Gasteiger partial charge in [0, 0.05) is 24.9 Å². The minimum absolute atomic E-state index is 0.00687. The van der Waals surface area contributed by atoms with E-state index in [1.807, 2.05) is 108 Å². The van der Waals surface area contributed by atoms with Crippen molar-refractivity contribution >= 4 is 43.3 Å². The van der Waals surface area contributed by atoms with E-state index in [9.17, 15) is 15.2 Å². The Balaban J connectivity index is 1.37. The summed E-state index contributed by atoms with van der Waals surface area (Å²) in [6.07, 6.45) is 0.770. The Morgan fingerprint density at radius 3 is 2.09 bits per heavy atom. The van der Waals surface area contributed by atoms with Gasteiger partial charge in [0.05, 0.1) is 56.9 Å². The maximum absolute atomic E-state index is 13.7. The summed E-state index contributed by atoms with van der Waals surface area (Å²) in [4.78, 5) is 27.8. The topological polar surface area (TPSA) is 175 Å². The van der Waals surface area contributed by atoms with Gasteiger partial charge in [-0.25, -0.2) is 14.6 Å². The van der Waals surface area contributed by atoms with E-state index >= 15 is 0 Å². The summed E-state index contributed by atoms with van der Waals surface area (Å²) in [5.41, 5.74) is 2.77. The summed E-state index contributed by atoms with van der Waals surface area (Å²) >= 11 is 1.67. The number of thioether (sulfide) groups is 1. The molecule has 2 N–H and O–H groups in total. The summed E-state index contributed by atoms with van der Waals surface area (Å²) in [6.45, 7) is 8.23. The number of amides is 1. The van der Waals surface area contributed by atoms with Crippen LogP contribution in [-0.2, 0) is 30.4 Å². The normalized spacial score (nSPS) is 17.1. The third kappa shape index (κ3) is 11.3. The van der Waals surface area contributed by atoms with Gasteiger partial charge in [-0.3, -0.25) is 14.7 Å². The van der Waals surface area contributed by atoms with Crippen molar-refractivity contribution in [2.24, 2.45) is 0 Å². The maximum Gasteiger partial charge on any atom is 0.264 e. The lowest BCUT2D eigenvalue weighted by atomic mass is 9.64. The molecule has 1 saturated heterocycles. The van der Waals surface area contributed by atoms with Crippen molar-refractivity contribution < 1.29 is 37.9 Å². The first-order chi connectivity index (χ1) is 33.0. The van der Waals surface area contributed by atoms with E-state index in [1.54, 1.807) is 44.4 Å². The van der Waals surface area contributed by atoms with Crippen molar-refractivity contribution in [2.45, 2.75) is 89.0 Å². The standard InChI is InChI=1S/C51H60N7O8PS/c1-34(2)58(35(3)4)67(64-29-14-28-52)66-43-31-45(57-33-53-46-42(27-30-68-7)54-50(56-49(46)57)55-44(59)32-63-41-17-12-9-13-18-41)65-47(43)48(60)51(36-15-10-8-11-16-36,37-19-23-39(61-5)24-20-37)38-21-25-40(62-6)26-22-38/h8-13,15-26,33-35,43,45,47-48,60H,14,27,29-32H2,1-7H3,(H,54,55,56,59)/t43-,45+,47-,48?,67?/m0/s1. The number of imidazole rings is 1. The number of nitrogens with one attached hydrogen (secondary N) is 1. The molecule has 0 saturated carbocycles. The Hall–Kier alpha value is -5.63. The Morgan fingerprint density at radius 1 is 0.912 bits per heavy atom. The van der Waals surface area contributed by atoms with Crippen LogP contribution in [0.2, 0.25) is 0 Å². The van der Waals surface area contributed by atoms with Crippen molar-refractivity contribution in [2.75, 3.05) is 44.8 Å². The number of nitriles is 1. The van der Waals surface area contributed by atoms with Gasteiger partial charge in [0.15, 0.2) is 12.3 Å². The lowest BCUT2D eigenvalue weighted by Gasteiger charge is -2.44. The van der Waals surface area contributed by atoms with Crippen LogP contribution >= 0.6 is 20.3 Å². The number of rotatable bonds is 23. The summed E-state index contributed by atoms with van der Waals surface area (Å²) in [5.74, 6) is 2.30. The van der Waals surface area contributed by atoms with Gasteiger partial charge < -0.3 is 33.1 Å². The molecule has 3 heterocycles. The van der Waals surface area contributed by atoms with Gasteiger partial charge in [-0.1, -0.05) is 72.8 Å². The first-order valence-corrected chi connectivity index (χ1v) is 25.2. The summed E-state index contributed by atoms with van der Waals surface area (Å²) < 4.78 is 41.9. The highest BCUT2D eigenvalue weighted by molar-refractivity contribution is 7.98. The number of aryl methyl sites for hydroxylation is 1. The molecule has 0 spiro atoms. The van der Waals surface area contributed by atoms with Gasteiger partial charge in [0.25, 0.3) is 14.4 Å². The fourth-order valence-corrected chi connectivity index (χ4v) is 10.9. The number of hydrogen-bond acceptors (Lipinski definition) is 14. The fraction of sp³-hybridized carbons (Fsp3) is 0.392. The van der Waals surface area contributed by atoms with Crippen LogP contribution in [0.3, 0.4) is 0 Å². The van der Waals surface area contributed by atoms with Crippen LogP contribution in [-0.4, -0.2) is 105 Å². The van der Waals surface area contributed by atoms with Crippen LogP contribution in [0, 0.1) is 11.3 Å². The number of aliphatic hydroxyl groups excluding tert-OH is 1. The third-order valence-electron chi connectivity index (χ3n) is 11.8. The van der Waals surface area contributed by atoms with Crippen LogP contribution in [0.15, 0.2) is 116 Å². The minimum Gasteiger partial charge on any atom is -0.497 e. The number of fused-ring (bicyclic) bond motifs is 1. The highest BCUT2D eigenvalue weighted by Gasteiger charge is 2.54. The third-order valence-corrected chi connectivity index (χ3v) is 14.6. The smallest absolute Gasteiger partial charge is 0.264 e. The monoisotopic (exact) mass is 961 g/mol. The SMILES string of the molecule is COc1ccc(C(c2ccccc2)(c2ccc(OC)cc2)C(O)[C@H]2O[C@@H](n3cnc4c(CCSC)nc(NC(=O)COc5ccccc5)nc43)C[C@@H]2OP(OCCC#N)N(C(C)C)C(C)C)cc1. The van der Waals surface area contributed by atoms with Gasteiger partial charge in [-0.2, -0.15) is 22.0 Å². The van der Waals surface area contributed by atoms with Crippen LogP contribution in [0.4, 0.5) is 5.95 Å². The van der Waals surface area contributed by atoms with Gasteiger partial charge in [-0.15, -0.1) is 0 Å². The number of para-hydroxylation sites is 1. The highest BCUT2D eigenvalue weighted by Crippen LogP contribution is 2.53. The molecule has 7 rings (SSSR count). The van der Waals surface area contributed by atoms with Gasteiger partial charge >= 0.3 is 0 Å². The largest absolute Gasteiger partial charge is 0.497 e. The van der Waals surface area contributed by atoms with Crippen molar-refractivity contribution in [3.8, 4) is 23.3 Å². The molecule has 0 radical (unpaired) electrons. The molecule has 2 unspecified atom stereocenters. The van der Waals surface area contributed by atoms with Crippen LogP contribution in [0.1, 0.15) is 69.1 Å². The van der Waals surface area contributed by atoms with Crippen molar-refractivity contribution in [3.63, 3.8) is 0 Å². The van der Waals surface area contributed by atoms with Crippen molar-refractivity contribution in [1.82, 2.24) is 24.2 Å². The lowest BCUT2D eigenvalue weighted by molar-refractivity contribution is -0.118. The van der Waals surface area contributed by atoms with E-state index in [-0.39, 0.29) is 44.1 Å². The average Bonchev–Trinajstić information content (AvgIpc) is 3.98. The predicted molar refractivity (Wildman–Crippen MR) is 265 cm³/mol. The highest BCUT2D eigenvalue weighted by atomic mass is 32.2. The first-order valence-electron chi connectivity index (χ1n) is 22.6. The lowest BCUT2D eigenvalue weighted by Crippen LogP contribution is -2.52. The van der Waals surface area contributed by atoms with Crippen LogP contribution in [0.5, 0.6) is 17.2 Å². The molecule has 2 aromatic heterocycles. The fourth-order valence-electron chi connectivity index (χ4n) is 8.74. The molecule has 0 bridgehead atoms. The first kappa shape index (κ1) is 50.3. The summed E-state index contributed by atoms with van der Waals surface area (Å²) in [7, 11) is 1.44. The summed E-state index contributed by atoms with van der Waals surface area (Å²) in [6, 6.07) is 36.6. The zero-order valence-corrected chi connectivity index (χ0v) is 41.2.